The largest absolute Gasteiger partial charge is 0.389 e. The van der Waals surface area contributed by atoms with E-state index in [0.29, 0.717) is 17.9 Å². The molecule has 0 heterocycles. The van der Waals surface area contributed by atoms with Crippen LogP contribution in [0.5, 0.6) is 0 Å². The zero-order valence-corrected chi connectivity index (χ0v) is 12.4. The average Bonchev–Trinajstić information content (AvgIpc) is 2.36. The van der Waals surface area contributed by atoms with Gasteiger partial charge in [0.2, 0.25) is 0 Å². The summed E-state index contributed by atoms with van der Waals surface area (Å²) in [5.41, 5.74) is 1.91. The molecule has 0 aliphatic rings. The molecule has 1 unspecified atom stereocenters. The van der Waals surface area contributed by atoms with Crippen molar-refractivity contribution in [3.8, 4) is 0 Å². The van der Waals surface area contributed by atoms with Crippen LogP contribution >= 0.6 is 11.6 Å². The SMILES string of the molecule is Cc1ccc(F)cc1CC(C)(O)Cc1ccc(Cl)cc1. The van der Waals surface area contributed by atoms with Crippen molar-refractivity contribution >= 4 is 11.6 Å². The lowest BCUT2D eigenvalue weighted by atomic mass is 9.88. The van der Waals surface area contributed by atoms with Crippen LogP contribution in [0.15, 0.2) is 42.5 Å². The Bertz CT molecular complexity index is 590. The van der Waals surface area contributed by atoms with Crippen LogP contribution in [0, 0.1) is 12.7 Å². The van der Waals surface area contributed by atoms with E-state index in [1.54, 1.807) is 25.1 Å². The Balaban J connectivity index is 2.14. The maximum Gasteiger partial charge on any atom is 0.123 e. The molecule has 0 spiro atoms. The standard InChI is InChI=1S/C17H18ClFO/c1-12-3-8-16(19)9-14(12)11-17(2,20)10-13-4-6-15(18)7-5-13/h3-9,20H,10-11H2,1-2H3. The van der Waals surface area contributed by atoms with Crippen molar-refractivity contribution < 1.29 is 9.50 Å². The van der Waals surface area contributed by atoms with Crippen LogP contribution in [-0.2, 0) is 12.8 Å². The molecule has 0 fully saturated rings. The Labute approximate surface area is 124 Å². The molecule has 0 radical (unpaired) electrons. The molecule has 20 heavy (non-hydrogen) atoms. The van der Waals surface area contributed by atoms with Crippen molar-refractivity contribution in [2.75, 3.05) is 0 Å². The maximum atomic E-state index is 13.3. The summed E-state index contributed by atoms with van der Waals surface area (Å²) in [6.45, 7) is 3.69. The van der Waals surface area contributed by atoms with Gasteiger partial charge in [0.25, 0.3) is 0 Å². The predicted octanol–water partition coefficient (Wildman–Crippen LogP) is 4.32. The fraction of sp³-hybridized carbons (Fsp3) is 0.294. The van der Waals surface area contributed by atoms with Gasteiger partial charge in [-0.15, -0.1) is 0 Å². The Morgan fingerprint density at radius 3 is 2.40 bits per heavy atom. The Kier molecular flexibility index (Phi) is 4.46. The molecular formula is C17H18ClFO. The first-order valence-corrected chi connectivity index (χ1v) is 6.95. The van der Waals surface area contributed by atoms with E-state index >= 15 is 0 Å². The second-order valence-electron chi connectivity index (χ2n) is 5.55. The van der Waals surface area contributed by atoms with E-state index in [9.17, 15) is 9.50 Å². The van der Waals surface area contributed by atoms with Crippen molar-refractivity contribution in [3.05, 3.63) is 70.0 Å². The molecule has 3 heteroatoms. The molecule has 0 saturated heterocycles. The summed E-state index contributed by atoms with van der Waals surface area (Å²) in [5, 5.41) is 11.2. The molecule has 0 aliphatic carbocycles. The normalized spacial score (nSPS) is 14.1. The highest BCUT2D eigenvalue weighted by Crippen LogP contribution is 2.22. The molecule has 1 nitrogen and oxygen atoms in total. The molecule has 106 valence electrons. The quantitative estimate of drug-likeness (QED) is 0.889. The summed E-state index contributed by atoms with van der Waals surface area (Å²) in [6.07, 6.45) is 0.916. The Morgan fingerprint density at radius 2 is 1.75 bits per heavy atom. The van der Waals surface area contributed by atoms with Gasteiger partial charge >= 0.3 is 0 Å². The zero-order chi connectivity index (χ0) is 14.8. The van der Waals surface area contributed by atoms with Crippen molar-refractivity contribution in [1.29, 1.82) is 0 Å². The summed E-state index contributed by atoms with van der Waals surface area (Å²) >= 11 is 5.85. The Hall–Kier alpha value is -1.38. The minimum atomic E-state index is -0.924. The van der Waals surface area contributed by atoms with Crippen molar-refractivity contribution in [2.45, 2.75) is 32.3 Å². The zero-order valence-electron chi connectivity index (χ0n) is 11.7. The molecule has 2 rings (SSSR count). The summed E-state index contributed by atoms with van der Waals surface area (Å²) < 4.78 is 13.3. The molecule has 2 aromatic carbocycles. The highest BCUT2D eigenvalue weighted by Gasteiger charge is 2.22. The van der Waals surface area contributed by atoms with Gasteiger partial charge in [-0.2, -0.15) is 0 Å². The van der Waals surface area contributed by atoms with Gasteiger partial charge < -0.3 is 5.11 Å². The molecule has 0 saturated carbocycles. The highest BCUT2D eigenvalue weighted by atomic mass is 35.5. The van der Waals surface area contributed by atoms with Gasteiger partial charge in [0.05, 0.1) is 5.60 Å². The maximum absolute atomic E-state index is 13.3. The van der Waals surface area contributed by atoms with Gasteiger partial charge in [-0.1, -0.05) is 29.8 Å². The molecule has 0 aliphatic heterocycles. The van der Waals surface area contributed by atoms with Gasteiger partial charge in [0, 0.05) is 17.9 Å². The summed E-state index contributed by atoms with van der Waals surface area (Å²) in [6, 6.07) is 12.1. The number of aliphatic hydroxyl groups is 1. The number of hydrogen-bond donors (Lipinski definition) is 1. The monoisotopic (exact) mass is 292 g/mol. The molecule has 0 bridgehead atoms. The van der Waals surface area contributed by atoms with Gasteiger partial charge in [0.15, 0.2) is 0 Å². The van der Waals surface area contributed by atoms with E-state index in [1.807, 2.05) is 19.1 Å². The number of benzene rings is 2. The van der Waals surface area contributed by atoms with E-state index in [-0.39, 0.29) is 5.82 Å². The lowest BCUT2D eigenvalue weighted by molar-refractivity contribution is 0.0606. The predicted molar refractivity (Wildman–Crippen MR) is 80.6 cm³/mol. The van der Waals surface area contributed by atoms with Crippen LogP contribution < -0.4 is 0 Å². The van der Waals surface area contributed by atoms with E-state index in [0.717, 1.165) is 16.7 Å². The number of rotatable bonds is 4. The van der Waals surface area contributed by atoms with Crippen LogP contribution in [0.3, 0.4) is 0 Å². The molecule has 0 aromatic heterocycles. The first-order valence-electron chi connectivity index (χ1n) is 6.58. The highest BCUT2D eigenvalue weighted by molar-refractivity contribution is 6.30. The first-order chi connectivity index (χ1) is 9.35. The summed E-state index contributed by atoms with van der Waals surface area (Å²) in [5.74, 6) is -0.270. The molecule has 1 N–H and O–H groups in total. The molecule has 2 aromatic rings. The topological polar surface area (TPSA) is 20.2 Å². The van der Waals surface area contributed by atoms with E-state index in [1.165, 1.54) is 12.1 Å². The lowest BCUT2D eigenvalue weighted by Crippen LogP contribution is -2.30. The second kappa shape index (κ2) is 5.94. The molecular weight excluding hydrogens is 275 g/mol. The minimum absolute atomic E-state index is 0.270. The fourth-order valence-electron chi connectivity index (χ4n) is 2.35. The van der Waals surface area contributed by atoms with Crippen molar-refractivity contribution in [2.24, 2.45) is 0 Å². The summed E-state index contributed by atoms with van der Waals surface area (Å²) in [7, 11) is 0. The van der Waals surface area contributed by atoms with Crippen molar-refractivity contribution in [1.82, 2.24) is 0 Å². The Morgan fingerprint density at radius 1 is 1.10 bits per heavy atom. The first kappa shape index (κ1) is 15.0. The van der Waals surface area contributed by atoms with Crippen LogP contribution in [0.4, 0.5) is 4.39 Å². The fourth-order valence-corrected chi connectivity index (χ4v) is 2.47. The molecule has 0 amide bonds. The number of aryl methyl sites for hydroxylation is 1. The number of halogens is 2. The van der Waals surface area contributed by atoms with E-state index in [2.05, 4.69) is 0 Å². The van der Waals surface area contributed by atoms with Crippen LogP contribution in [0.1, 0.15) is 23.6 Å². The number of hydrogen-bond acceptors (Lipinski definition) is 1. The summed E-state index contributed by atoms with van der Waals surface area (Å²) in [4.78, 5) is 0. The van der Waals surface area contributed by atoms with E-state index < -0.39 is 5.60 Å². The van der Waals surface area contributed by atoms with Crippen LogP contribution in [0.25, 0.3) is 0 Å². The van der Waals surface area contributed by atoms with Gasteiger partial charge in [0.1, 0.15) is 5.82 Å². The second-order valence-corrected chi connectivity index (χ2v) is 5.98. The third-order valence-electron chi connectivity index (χ3n) is 3.38. The smallest absolute Gasteiger partial charge is 0.123 e. The average molecular weight is 293 g/mol. The van der Waals surface area contributed by atoms with Gasteiger partial charge in [-0.05, 0) is 54.8 Å². The van der Waals surface area contributed by atoms with Crippen molar-refractivity contribution in [3.63, 3.8) is 0 Å². The third kappa shape index (κ3) is 4.06. The minimum Gasteiger partial charge on any atom is -0.389 e. The van der Waals surface area contributed by atoms with Crippen LogP contribution in [-0.4, -0.2) is 10.7 Å². The lowest BCUT2D eigenvalue weighted by Gasteiger charge is -2.24. The van der Waals surface area contributed by atoms with Gasteiger partial charge in [-0.3, -0.25) is 0 Å². The van der Waals surface area contributed by atoms with Gasteiger partial charge in [-0.25, -0.2) is 4.39 Å². The van der Waals surface area contributed by atoms with Crippen LogP contribution in [0.2, 0.25) is 5.02 Å². The molecule has 1 atom stereocenters. The van der Waals surface area contributed by atoms with E-state index in [4.69, 9.17) is 11.6 Å². The third-order valence-corrected chi connectivity index (χ3v) is 3.63.